The van der Waals surface area contributed by atoms with Gasteiger partial charge in [0.05, 0.1) is 7.11 Å². The van der Waals surface area contributed by atoms with Gasteiger partial charge in [-0.1, -0.05) is 13.8 Å². The van der Waals surface area contributed by atoms with E-state index in [4.69, 9.17) is 5.73 Å². The highest BCUT2D eigenvalue weighted by Gasteiger charge is 2.51. The lowest BCUT2D eigenvalue weighted by atomic mass is 9.62. The highest BCUT2D eigenvalue weighted by molar-refractivity contribution is 5.82. The predicted molar refractivity (Wildman–Crippen MR) is 46.5 cm³/mol. The van der Waals surface area contributed by atoms with E-state index in [0.29, 0.717) is 11.8 Å². The van der Waals surface area contributed by atoms with Crippen LogP contribution in [-0.2, 0) is 9.53 Å². The Bertz CT molecular complexity index is 191. The molecule has 0 aromatic carbocycles. The SMILES string of the molecule is COC(=O)[C@]1(N)CC[C@@H]1C(C)C. The van der Waals surface area contributed by atoms with Crippen molar-refractivity contribution >= 4 is 5.97 Å². The molecule has 0 spiro atoms. The van der Waals surface area contributed by atoms with Gasteiger partial charge in [-0.2, -0.15) is 0 Å². The maximum Gasteiger partial charge on any atom is 0.326 e. The van der Waals surface area contributed by atoms with Gasteiger partial charge in [-0.25, -0.2) is 0 Å². The minimum absolute atomic E-state index is 0.257. The lowest BCUT2D eigenvalue weighted by molar-refractivity contribution is -0.155. The van der Waals surface area contributed by atoms with E-state index in [0.717, 1.165) is 12.8 Å². The van der Waals surface area contributed by atoms with Crippen molar-refractivity contribution in [3.63, 3.8) is 0 Å². The number of rotatable bonds is 2. The van der Waals surface area contributed by atoms with Crippen LogP contribution < -0.4 is 5.73 Å². The number of hydrogen-bond acceptors (Lipinski definition) is 3. The molecule has 0 heterocycles. The first-order valence-electron chi connectivity index (χ1n) is 4.39. The van der Waals surface area contributed by atoms with Gasteiger partial charge in [-0.15, -0.1) is 0 Å². The highest BCUT2D eigenvalue weighted by atomic mass is 16.5. The Kier molecular flexibility index (Phi) is 2.42. The second-order valence-electron chi connectivity index (χ2n) is 3.92. The molecule has 0 bridgehead atoms. The number of esters is 1. The summed E-state index contributed by atoms with van der Waals surface area (Å²) in [4.78, 5) is 11.3. The van der Waals surface area contributed by atoms with Crippen molar-refractivity contribution in [3.05, 3.63) is 0 Å². The van der Waals surface area contributed by atoms with Crippen molar-refractivity contribution < 1.29 is 9.53 Å². The van der Waals surface area contributed by atoms with Crippen molar-refractivity contribution in [3.8, 4) is 0 Å². The van der Waals surface area contributed by atoms with Crippen LogP contribution in [-0.4, -0.2) is 18.6 Å². The van der Waals surface area contributed by atoms with Gasteiger partial charge in [0, 0.05) is 0 Å². The molecule has 2 N–H and O–H groups in total. The first-order valence-corrected chi connectivity index (χ1v) is 4.39. The van der Waals surface area contributed by atoms with Crippen molar-refractivity contribution in [2.45, 2.75) is 32.2 Å². The number of carbonyl (C=O) groups is 1. The van der Waals surface area contributed by atoms with E-state index < -0.39 is 5.54 Å². The normalized spacial score (nSPS) is 34.6. The topological polar surface area (TPSA) is 52.3 Å². The minimum atomic E-state index is -0.692. The van der Waals surface area contributed by atoms with Crippen molar-refractivity contribution in [1.82, 2.24) is 0 Å². The number of methoxy groups -OCH3 is 1. The third-order valence-electron chi connectivity index (χ3n) is 2.90. The van der Waals surface area contributed by atoms with Crippen LogP contribution in [0.4, 0.5) is 0 Å². The first kappa shape index (κ1) is 9.52. The van der Waals surface area contributed by atoms with Crippen LogP contribution in [0.3, 0.4) is 0 Å². The predicted octanol–water partition coefficient (Wildman–Crippen LogP) is 0.923. The van der Waals surface area contributed by atoms with Crippen LogP contribution in [0.15, 0.2) is 0 Å². The zero-order valence-corrected chi connectivity index (χ0v) is 7.96. The maximum atomic E-state index is 11.3. The van der Waals surface area contributed by atoms with Gasteiger partial charge in [-0.05, 0) is 24.7 Å². The van der Waals surface area contributed by atoms with Gasteiger partial charge in [-0.3, -0.25) is 4.79 Å². The summed E-state index contributed by atoms with van der Waals surface area (Å²) < 4.78 is 4.67. The Morgan fingerprint density at radius 3 is 2.50 bits per heavy atom. The van der Waals surface area contributed by atoms with E-state index in [1.54, 1.807) is 0 Å². The molecule has 12 heavy (non-hydrogen) atoms. The van der Waals surface area contributed by atoms with E-state index >= 15 is 0 Å². The molecule has 1 aliphatic carbocycles. The molecule has 0 unspecified atom stereocenters. The molecule has 70 valence electrons. The minimum Gasteiger partial charge on any atom is -0.468 e. The Morgan fingerprint density at radius 2 is 2.25 bits per heavy atom. The molecule has 0 aliphatic heterocycles. The third-order valence-corrected chi connectivity index (χ3v) is 2.90. The third kappa shape index (κ3) is 1.22. The largest absolute Gasteiger partial charge is 0.468 e. The molecule has 0 aromatic heterocycles. The van der Waals surface area contributed by atoms with Crippen molar-refractivity contribution in [2.75, 3.05) is 7.11 Å². The summed E-state index contributed by atoms with van der Waals surface area (Å²) >= 11 is 0. The number of carbonyl (C=O) groups excluding carboxylic acids is 1. The van der Waals surface area contributed by atoms with Gasteiger partial charge in [0.25, 0.3) is 0 Å². The zero-order valence-electron chi connectivity index (χ0n) is 7.96. The molecule has 2 atom stereocenters. The summed E-state index contributed by atoms with van der Waals surface area (Å²) in [5, 5.41) is 0. The fourth-order valence-corrected chi connectivity index (χ4v) is 1.99. The molecule has 0 amide bonds. The summed E-state index contributed by atoms with van der Waals surface area (Å²) in [6.07, 6.45) is 1.81. The fraction of sp³-hybridized carbons (Fsp3) is 0.889. The molecule has 0 saturated heterocycles. The van der Waals surface area contributed by atoms with Gasteiger partial charge >= 0.3 is 5.97 Å². The molecular weight excluding hydrogens is 154 g/mol. The van der Waals surface area contributed by atoms with Crippen LogP contribution in [0.5, 0.6) is 0 Å². The number of ether oxygens (including phenoxy) is 1. The monoisotopic (exact) mass is 171 g/mol. The second kappa shape index (κ2) is 3.05. The quantitative estimate of drug-likeness (QED) is 0.629. The first-order chi connectivity index (χ1) is 5.52. The van der Waals surface area contributed by atoms with E-state index in [1.807, 2.05) is 0 Å². The van der Waals surface area contributed by atoms with Gasteiger partial charge in [0.2, 0.25) is 0 Å². The summed E-state index contributed by atoms with van der Waals surface area (Å²) in [6.45, 7) is 4.18. The van der Waals surface area contributed by atoms with E-state index in [1.165, 1.54) is 7.11 Å². The van der Waals surface area contributed by atoms with Gasteiger partial charge in [0.15, 0.2) is 0 Å². The molecule has 1 aliphatic rings. The average molecular weight is 171 g/mol. The Hall–Kier alpha value is -0.570. The molecule has 0 radical (unpaired) electrons. The standard InChI is InChI=1S/C9H17NO2/c1-6(2)7-4-5-9(7,10)8(11)12-3/h6-7H,4-5,10H2,1-3H3/t7-,9+/m1/s1. The molecule has 0 aromatic rings. The van der Waals surface area contributed by atoms with Crippen LogP contribution in [0, 0.1) is 11.8 Å². The summed E-state index contributed by atoms with van der Waals surface area (Å²) in [5.41, 5.74) is 5.24. The molecule has 1 fully saturated rings. The average Bonchev–Trinajstić information content (AvgIpc) is 1.98. The Morgan fingerprint density at radius 1 is 1.67 bits per heavy atom. The number of hydrogen-bond donors (Lipinski definition) is 1. The van der Waals surface area contributed by atoms with Crippen molar-refractivity contribution in [1.29, 1.82) is 0 Å². The summed E-state index contributed by atoms with van der Waals surface area (Å²) in [6, 6.07) is 0. The van der Waals surface area contributed by atoms with Gasteiger partial charge in [0.1, 0.15) is 5.54 Å². The Labute approximate surface area is 73.3 Å². The summed E-state index contributed by atoms with van der Waals surface area (Å²) in [5.74, 6) is 0.500. The van der Waals surface area contributed by atoms with Crippen molar-refractivity contribution in [2.24, 2.45) is 17.6 Å². The second-order valence-corrected chi connectivity index (χ2v) is 3.92. The lowest BCUT2D eigenvalue weighted by Gasteiger charge is -2.46. The molecule has 3 nitrogen and oxygen atoms in total. The smallest absolute Gasteiger partial charge is 0.326 e. The molecular formula is C9H17NO2. The van der Waals surface area contributed by atoms with Gasteiger partial charge < -0.3 is 10.5 Å². The highest BCUT2D eigenvalue weighted by Crippen LogP contribution is 2.41. The van der Waals surface area contributed by atoms with E-state index in [-0.39, 0.29) is 5.97 Å². The number of nitrogens with two attached hydrogens (primary N) is 1. The van der Waals surface area contributed by atoms with E-state index in [9.17, 15) is 4.79 Å². The maximum absolute atomic E-state index is 11.3. The summed E-state index contributed by atoms with van der Waals surface area (Å²) in [7, 11) is 1.40. The fourth-order valence-electron chi connectivity index (χ4n) is 1.99. The zero-order chi connectivity index (χ0) is 9.35. The van der Waals surface area contributed by atoms with Crippen LogP contribution in [0.1, 0.15) is 26.7 Å². The lowest BCUT2D eigenvalue weighted by Crippen LogP contribution is -2.62. The van der Waals surface area contributed by atoms with E-state index in [2.05, 4.69) is 18.6 Å². The van der Waals surface area contributed by atoms with Crippen LogP contribution in [0.25, 0.3) is 0 Å². The molecule has 1 saturated carbocycles. The van der Waals surface area contributed by atoms with Crippen LogP contribution >= 0.6 is 0 Å². The molecule has 1 rings (SSSR count). The van der Waals surface area contributed by atoms with Crippen LogP contribution in [0.2, 0.25) is 0 Å². The molecule has 3 heteroatoms. The Balaban J connectivity index is 2.66.